The van der Waals surface area contributed by atoms with Crippen LogP contribution in [0.1, 0.15) is 38.3 Å². The molecule has 2 aliphatic rings. The number of hydrogen-bond acceptors (Lipinski definition) is 4. The number of fused-ring (bicyclic) bond motifs is 1. The zero-order chi connectivity index (χ0) is 15.0. The SMILES string of the molecule is CNC(C)c1ccc(N2CC3CCCN3CC2C)cc1O. The number of anilines is 1. The van der Waals surface area contributed by atoms with Crippen molar-refractivity contribution in [1.82, 2.24) is 10.2 Å². The van der Waals surface area contributed by atoms with E-state index in [0.717, 1.165) is 24.3 Å². The number of phenols is 1. The number of piperazine rings is 1. The van der Waals surface area contributed by atoms with Gasteiger partial charge >= 0.3 is 0 Å². The van der Waals surface area contributed by atoms with Gasteiger partial charge in [0.15, 0.2) is 0 Å². The van der Waals surface area contributed by atoms with Gasteiger partial charge in [0, 0.05) is 48.5 Å². The fraction of sp³-hybridized carbons (Fsp3) is 0.647. The first-order chi connectivity index (χ1) is 10.1. The van der Waals surface area contributed by atoms with Crippen molar-refractivity contribution in [3.8, 4) is 5.75 Å². The smallest absolute Gasteiger partial charge is 0.122 e. The third-order valence-corrected chi connectivity index (χ3v) is 5.18. The molecule has 0 aliphatic carbocycles. The van der Waals surface area contributed by atoms with Crippen molar-refractivity contribution >= 4 is 5.69 Å². The number of nitrogens with zero attached hydrogens (tertiary/aromatic N) is 2. The lowest BCUT2D eigenvalue weighted by Crippen LogP contribution is -2.55. The van der Waals surface area contributed by atoms with Crippen LogP contribution in [0.3, 0.4) is 0 Å². The molecule has 2 heterocycles. The molecule has 0 radical (unpaired) electrons. The summed E-state index contributed by atoms with van der Waals surface area (Å²) in [5.74, 6) is 0.399. The van der Waals surface area contributed by atoms with Gasteiger partial charge in [-0.15, -0.1) is 0 Å². The molecule has 2 saturated heterocycles. The van der Waals surface area contributed by atoms with E-state index in [9.17, 15) is 5.11 Å². The minimum absolute atomic E-state index is 0.170. The predicted octanol–water partition coefficient (Wildman–Crippen LogP) is 2.35. The van der Waals surface area contributed by atoms with Crippen molar-refractivity contribution in [1.29, 1.82) is 0 Å². The summed E-state index contributed by atoms with van der Waals surface area (Å²) in [7, 11) is 1.92. The van der Waals surface area contributed by atoms with Crippen molar-refractivity contribution in [3.05, 3.63) is 23.8 Å². The lowest BCUT2D eigenvalue weighted by Gasteiger charge is -2.43. The molecule has 116 valence electrons. The second-order valence-corrected chi connectivity index (χ2v) is 6.55. The molecule has 2 fully saturated rings. The number of aromatic hydroxyl groups is 1. The zero-order valence-electron chi connectivity index (χ0n) is 13.3. The van der Waals surface area contributed by atoms with Crippen LogP contribution >= 0.6 is 0 Å². The molecular weight excluding hydrogens is 262 g/mol. The number of rotatable bonds is 3. The van der Waals surface area contributed by atoms with Crippen LogP contribution in [0.5, 0.6) is 5.75 Å². The summed E-state index contributed by atoms with van der Waals surface area (Å²) in [6.45, 7) is 7.83. The van der Waals surface area contributed by atoms with Crippen molar-refractivity contribution in [2.75, 3.05) is 31.6 Å². The lowest BCUT2D eigenvalue weighted by atomic mass is 10.0. The largest absolute Gasteiger partial charge is 0.508 e. The molecule has 0 aromatic heterocycles. The normalized spacial score (nSPS) is 27.7. The Hall–Kier alpha value is -1.26. The van der Waals surface area contributed by atoms with Gasteiger partial charge in [-0.3, -0.25) is 4.90 Å². The van der Waals surface area contributed by atoms with Crippen LogP contribution in [-0.2, 0) is 0 Å². The summed E-state index contributed by atoms with van der Waals surface area (Å²) in [5.41, 5.74) is 2.12. The van der Waals surface area contributed by atoms with E-state index in [-0.39, 0.29) is 6.04 Å². The Morgan fingerprint density at radius 3 is 2.86 bits per heavy atom. The van der Waals surface area contributed by atoms with Gasteiger partial charge < -0.3 is 15.3 Å². The second-order valence-electron chi connectivity index (χ2n) is 6.55. The lowest BCUT2D eigenvalue weighted by molar-refractivity contribution is 0.203. The molecule has 3 atom stereocenters. The van der Waals surface area contributed by atoms with E-state index in [1.807, 2.05) is 13.1 Å². The van der Waals surface area contributed by atoms with Gasteiger partial charge in [-0.25, -0.2) is 0 Å². The minimum atomic E-state index is 0.170. The average molecular weight is 289 g/mol. The van der Waals surface area contributed by atoms with Crippen molar-refractivity contribution in [2.45, 2.75) is 44.8 Å². The van der Waals surface area contributed by atoms with Gasteiger partial charge in [-0.1, -0.05) is 6.07 Å². The van der Waals surface area contributed by atoms with E-state index in [1.165, 1.54) is 19.4 Å². The summed E-state index contributed by atoms with van der Waals surface area (Å²) < 4.78 is 0. The van der Waals surface area contributed by atoms with E-state index in [4.69, 9.17) is 0 Å². The van der Waals surface area contributed by atoms with Crippen LogP contribution in [-0.4, -0.2) is 48.8 Å². The number of phenolic OH excluding ortho intramolecular Hbond substituents is 1. The van der Waals surface area contributed by atoms with Crippen molar-refractivity contribution in [2.24, 2.45) is 0 Å². The van der Waals surface area contributed by atoms with Crippen LogP contribution < -0.4 is 10.2 Å². The van der Waals surface area contributed by atoms with Crippen LogP contribution in [0.4, 0.5) is 5.69 Å². The molecule has 3 unspecified atom stereocenters. The van der Waals surface area contributed by atoms with Gasteiger partial charge in [-0.2, -0.15) is 0 Å². The Labute approximate surface area is 127 Å². The molecule has 4 heteroatoms. The van der Waals surface area contributed by atoms with Gasteiger partial charge in [0.25, 0.3) is 0 Å². The van der Waals surface area contributed by atoms with E-state index < -0.39 is 0 Å². The van der Waals surface area contributed by atoms with Crippen molar-refractivity contribution < 1.29 is 5.11 Å². The number of nitrogens with one attached hydrogen (secondary N) is 1. The molecule has 21 heavy (non-hydrogen) atoms. The third kappa shape index (κ3) is 2.74. The van der Waals surface area contributed by atoms with E-state index in [0.29, 0.717) is 17.8 Å². The maximum Gasteiger partial charge on any atom is 0.122 e. The molecule has 4 nitrogen and oxygen atoms in total. The Bertz CT molecular complexity index is 505. The van der Waals surface area contributed by atoms with Gasteiger partial charge in [0.05, 0.1) is 0 Å². The van der Waals surface area contributed by atoms with E-state index in [2.05, 4.69) is 41.1 Å². The molecule has 0 bridgehead atoms. The highest BCUT2D eigenvalue weighted by atomic mass is 16.3. The molecule has 1 aromatic carbocycles. The van der Waals surface area contributed by atoms with Crippen LogP contribution in [0, 0.1) is 0 Å². The van der Waals surface area contributed by atoms with E-state index in [1.54, 1.807) is 0 Å². The summed E-state index contributed by atoms with van der Waals surface area (Å²) >= 11 is 0. The predicted molar refractivity (Wildman–Crippen MR) is 87.0 cm³/mol. The first-order valence-electron chi connectivity index (χ1n) is 8.11. The first-order valence-corrected chi connectivity index (χ1v) is 8.11. The molecular formula is C17H27N3O. The molecule has 1 aromatic rings. The molecule has 0 amide bonds. The highest BCUT2D eigenvalue weighted by molar-refractivity contribution is 5.55. The number of hydrogen-bond donors (Lipinski definition) is 2. The molecule has 0 saturated carbocycles. The molecule has 2 N–H and O–H groups in total. The van der Waals surface area contributed by atoms with Crippen molar-refractivity contribution in [3.63, 3.8) is 0 Å². The van der Waals surface area contributed by atoms with Gasteiger partial charge in [0.2, 0.25) is 0 Å². The molecule has 2 aliphatic heterocycles. The summed E-state index contributed by atoms with van der Waals surface area (Å²) in [4.78, 5) is 5.08. The third-order valence-electron chi connectivity index (χ3n) is 5.18. The Morgan fingerprint density at radius 1 is 1.33 bits per heavy atom. The maximum absolute atomic E-state index is 10.3. The summed E-state index contributed by atoms with van der Waals surface area (Å²) in [6.07, 6.45) is 2.64. The fourth-order valence-corrected chi connectivity index (χ4v) is 3.78. The second kappa shape index (κ2) is 5.85. The fourth-order valence-electron chi connectivity index (χ4n) is 3.78. The highest BCUT2D eigenvalue weighted by Crippen LogP contribution is 2.33. The standard InChI is InChI=1S/C17H27N3O/c1-12-10-19-8-4-5-15(19)11-20(12)14-6-7-16(13(2)18-3)17(21)9-14/h6-7,9,12-13,15,18,21H,4-5,8,10-11H2,1-3H3. The quantitative estimate of drug-likeness (QED) is 0.896. The minimum Gasteiger partial charge on any atom is -0.508 e. The Morgan fingerprint density at radius 2 is 2.14 bits per heavy atom. The molecule has 3 rings (SSSR count). The van der Waals surface area contributed by atoms with Crippen LogP contribution in [0.25, 0.3) is 0 Å². The Kier molecular flexibility index (Phi) is 4.09. The van der Waals surface area contributed by atoms with Crippen LogP contribution in [0.15, 0.2) is 18.2 Å². The highest BCUT2D eigenvalue weighted by Gasteiger charge is 2.34. The monoisotopic (exact) mass is 289 g/mol. The van der Waals surface area contributed by atoms with E-state index >= 15 is 0 Å². The van der Waals surface area contributed by atoms with Crippen LogP contribution in [0.2, 0.25) is 0 Å². The van der Waals surface area contributed by atoms with Gasteiger partial charge in [-0.05, 0) is 46.3 Å². The number of benzene rings is 1. The zero-order valence-corrected chi connectivity index (χ0v) is 13.3. The van der Waals surface area contributed by atoms with Gasteiger partial charge in [0.1, 0.15) is 5.75 Å². The maximum atomic E-state index is 10.3. The molecule has 0 spiro atoms. The Balaban J connectivity index is 1.81. The topological polar surface area (TPSA) is 38.7 Å². The average Bonchev–Trinajstić information content (AvgIpc) is 2.92. The summed E-state index contributed by atoms with van der Waals surface area (Å²) in [5, 5.41) is 13.5. The first kappa shape index (κ1) is 14.7. The summed E-state index contributed by atoms with van der Waals surface area (Å²) in [6, 6.07) is 7.52.